The zero-order valence-corrected chi connectivity index (χ0v) is 10.1. The third-order valence-corrected chi connectivity index (χ3v) is 4.03. The molecule has 0 aromatic heterocycles. The molecular formula is C12H13Cl2F. The molecule has 1 fully saturated rings. The van der Waals surface area contributed by atoms with Crippen molar-refractivity contribution in [3.05, 3.63) is 34.6 Å². The van der Waals surface area contributed by atoms with E-state index in [2.05, 4.69) is 0 Å². The van der Waals surface area contributed by atoms with Crippen LogP contribution in [-0.4, -0.2) is 5.38 Å². The zero-order chi connectivity index (χ0) is 11.1. The van der Waals surface area contributed by atoms with Crippen LogP contribution in [0.3, 0.4) is 0 Å². The van der Waals surface area contributed by atoms with E-state index in [1.54, 1.807) is 12.1 Å². The van der Waals surface area contributed by atoms with Crippen molar-refractivity contribution in [2.24, 2.45) is 5.41 Å². The standard InChI is InChI=1S/C12H13Cl2F/c1-8(13)12(4-5-12)7-9-2-3-11(15)10(14)6-9/h2-3,6,8H,4-5,7H2,1H3. The van der Waals surface area contributed by atoms with Crippen molar-refractivity contribution in [3.8, 4) is 0 Å². The summed E-state index contributed by atoms with van der Waals surface area (Å²) in [6.45, 7) is 2.03. The molecule has 2 rings (SSSR count). The Hall–Kier alpha value is -0.270. The number of hydrogen-bond acceptors (Lipinski definition) is 0. The van der Waals surface area contributed by atoms with Crippen LogP contribution in [0.25, 0.3) is 0 Å². The van der Waals surface area contributed by atoms with Crippen LogP contribution >= 0.6 is 23.2 Å². The van der Waals surface area contributed by atoms with Crippen molar-refractivity contribution >= 4 is 23.2 Å². The monoisotopic (exact) mass is 246 g/mol. The van der Waals surface area contributed by atoms with Crippen molar-refractivity contribution in [2.75, 3.05) is 0 Å². The van der Waals surface area contributed by atoms with Gasteiger partial charge in [-0.2, -0.15) is 0 Å². The Morgan fingerprint density at radius 2 is 2.13 bits per heavy atom. The van der Waals surface area contributed by atoms with Crippen molar-refractivity contribution in [3.63, 3.8) is 0 Å². The Kier molecular flexibility index (Phi) is 2.96. The summed E-state index contributed by atoms with van der Waals surface area (Å²) in [6, 6.07) is 4.92. The lowest BCUT2D eigenvalue weighted by molar-refractivity contribution is 0.496. The highest BCUT2D eigenvalue weighted by Gasteiger charge is 2.46. The fourth-order valence-corrected chi connectivity index (χ4v) is 2.43. The van der Waals surface area contributed by atoms with Gasteiger partial charge in [0, 0.05) is 5.38 Å². The van der Waals surface area contributed by atoms with E-state index in [1.807, 2.05) is 6.92 Å². The van der Waals surface area contributed by atoms with Crippen LogP contribution in [0.2, 0.25) is 5.02 Å². The van der Waals surface area contributed by atoms with E-state index in [4.69, 9.17) is 23.2 Å². The molecule has 0 radical (unpaired) electrons. The Morgan fingerprint density at radius 3 is 2.60 bits per heavy atom. The van der Waals surface area contributed by atoms with Crippen LogP contribution in [0.4, 0.5) is 4.39 Å². The highest BCUT2D eigenvalue weighted by Crippen LogP contribution is 2.53. The lowest BCUT2D eigenvalue weighted by Crippen LogP contribution is -2.15. The summed E-state index contributed by atoms with van der Waals surface area (Å²) in [5.74, 6) is -0.357. The summed E-state index contributed by atoms with van der Waals surface area (Å²) in [7, 11) is 0. The number of benzene rings is 1. The van der Waals surface area contributed by atoms with Gasteiger partial charge in [0.25, 0.3) is 0 Å². The maximum absolute atomic E-state index is 12.9. The maximum Gasteiger partial charge on any atom is 0.141 e. The van der Waals surface area contributed by atoms with Gasteiger partial charge in [0.2, 0.25) is 0 Å². The van der Waals surface area contributed by atoms with Crippen molar-refractivity contribution in [1.29, 1.82) is 0 Å². The van der Waals surface area contributed by atoms with Crippen molar-refractivity contribution < 1.29 is 4.39 Å². The summed E-state index contributed by atoms with van der Waals surface area (Å²) >= 11 is 11.9. The van der Waals surface area contributed by atoms with E-state index >= 15 is 0 Å². The van der Waals surface area contributed by atoms with Gasteiger partial charge < -0.3 is 0 Å². The van der Waals surface area contributed by atoms with Gasteiger partial charge in [0.05, 0.1) is 5.02 Å². The van der Waals surface area contributed by atoms with Gasteiger partial charge in [0.1, 0.15) is 5.82 Å². The highest BCUT2D eigenvalue weighted by atomic mass is 35.5. The normalized spacial score (nSPS) is 20.0. The number of rotatable bonds is 3. The predicted octanol–water partition coefficient (Wildman–Crippen LogP) is 4.43. The molecule has 1 aromatic rings. The van der Waals surface area contributed by atoms with Gasteiger partial charge in [-0.3, -0.25) is 0 Å². The molecule has 15 heavy (non-hydrogen) atoms. The van der Waals surface area contributed by atoms with E-state index in [0.29, 0.717) is 0 Å². The molecule has 1 atom stereocenters. The zero-order valence-electron chi connectivity index (χ0n) is 8.56. The van der Waals surface area contributed by atoms with Crippen LogP contribution in [-0.2, 0) is 6.42 Å². The minimum atomic E-state index is -0.357. The molecule has 1 aromatic carbocycles. The molecule has 0 aliphatic heterocycles. The topological polar surface area (TPSA) is 0 Å². The number of hydrogen-bond donors (Lipinski definition) is 0. The molecule has 0 nitrogen and oxygen atoms in total. The van der Waals surface area contributed by atoms with Gasteiger partial charge in [-0.15, -0.1) is 11.6 Å². The van der Waals surface area contributed by atoms with E-state index in [9.17, 15) is 4.39 Å². The molecular weight excluding hydrogens is 234 g/mol. The average Bonchev–Trinajstić information content (AvgIpc) is 2.93. The highest BCUT2D eigenvalue weighted by molar-refractivity contribution is 6.30. The van der Waals surface area contributed by atoms with E-state index in [0.717, 1.165) is 24.8 Å². The Morgan fingerprint density at radius 1 is 1.47 bits per heavy atom. The van der Waals surface area contributed by atoms with Crippen LogP contribution in [0.5, 0.6) is 0 Å². The lowest BCUT2D eigenvalue weighted by atomic mass is 9.93. The van der Waals surface area contributed by atoms with E-state index < -0.39 is 0 Å². The van der Waals surface area contributed by atoms with E-state index in [1.165, 1.54) is 6.07 Å². The quantitative estimate of drug-likeness (QED) is 0.693. The third-order valence-electron chi connectivity index (χ3n) is 3.28. The summed E-state index contributed by atoms with van der Waals surface area (Å²) in [4.78, 5) is 0. The molecule has 0 heterocycles. The first kappa shape index (κ1) is 11.2. The number of halogens is 3. The van der Waals surface area contributed by atoms with Crippen LogP contribution in [0.1, 0.15) is 25.3 Å². The fourth-order valence-electron chi connectivity index (χ4n) is 1.93. The van der Waals surface area contributed by atoms with Gasteiger partial charge in [0.15, 0.2) is 0 Å². The predicted molar refractivity (Wildman–Crippen MR) is 62.1 cm³/mol. The Balaban J connectivity index is 2.15. The first-order valence-electron chi connectivity index (χ1n) is 5.11. The van der Waals surface area contributed by atoms with E-state index in [-0.39, 0.29) is 21.6 Å². The number of alkyl halides is 1. The lowest BCUT2D eigenvalue weighted by Gasteiger charge is -2.17. The molecule has 0 amide bonds. The first-order chi connectivity index (χ1) is 7.03. The van der Waals surface area contributed by atoms with Gasteiger partial charge in [-0.05, 0) is 49.3 Å². The van der Waals surface area contributed by atoms with Gasteiger partial charge in [-0.25, -0.2) is 4.39 Å². The molecule has 0 N–H and O–H groups in total. The van der Waals surface area contributed by atoms with Crippen molar-refractivity contribution in [2.45, 2.75) is 31.6 Å². The molecule has 1 unspecified atom stereocenters. The molecule has 0 bridgehead atoms. The second kappa shape index (κ2) is 3.95. The average molecular weight is 247 g/mol. The minimum absolute atomic E-state index is 0.168. The van der Waals surface area contributed by atoms with Gasteiger partial charge in [-0.1, -0.05) is 17.7 Å². The molecule has 0 saturated heterocycles. The smallest absolute Gasteiger partial charge is 0.141 e. The largest absolute Gasteiger partial charge is 0.205 e. The molecule has 1 aliphatic rings. The Bertz CT molecular complexity index is 370. The second-order valence-electron chi connectivity index (χ2n) is 4.40. The minimum Gasteiger partial charge on any atom is -0.205 e. The summed E-state index contributed by atoms with van der Waals surface area (Å²) in [5, 5.41) is 0.367. The van der Waals surface area contributed by atoms with Crippen LogP contribution < -0.4 is 0 Å². The van der Waals surface area contributed by atoms with Crippen LogP contribution in [0.15, 0.2) is 18.2 Å². The molecule has 3 heteroatoms. The molecule has 0 spiro atoms. The van der Waals surface area contributed by atoms with Crippen molar-refractivity contribution in [1.82, 2.24) is 0 Å². The third kappa shape index (κ3) is 2.29. The molecule has 1 saturated carbocycles. The van der Waals surface area contributed by atoms with Gasteiger partial charge >= 0.3 is 0 Å². The molecule has 1 aliphatic carbocycles. The second-order valence-corrected chi connectivity index (χ2v) is 5.47. The maximum atomic E-state index is 12.9. The molecule has 82 valence electrons. The van der Waals surface area contributed by atoms with Crippen LogP contribution in [0, 0.1) is 11.2 Å². The summed E-state index contributed by atoms with van der Waals surface area (Å²) < 4.78 is 12.9. The summed E-state index contributed by atoms with van der Waals surface area (Å²) in [6.07, 6.45) is 3.22. The fraction of sp³-hybridized carbons (Fsp3) is 0.500. The first-order valence-corrected chi connectivity index (χ1v) is 5.93. The SMILES string of the molecule is CC(Cl)C1(Cc2ccc(F)c(Cl)c2)CC1. The Labute approximate surface area is 99.4 Å². The summed E-state index contributed by atoms with van der Waals surface area (Å²) in [5.41, 5.74) is 1.30.